The molecule has 2 heteroatoms. The number of nitrogens with zero attached hydrogens (tertiary/aromatic N) is 1. The van der Waals surface area contributed by atoms with Crippen LogP contribution < -0.4 is 5.73 Å². The lowest BCUT2D eigenvalue weighted by atomic mass is 10.1. The summed E-state index contributed by atoms with van der Waals surface area (Å²) in [4.78, 5) is 2.72. The summed E-state index contributed by atoms with van der Waals surface area (Å²) in [5.41, 5.74) is 8.28. The number of rotatable bonds is 8. The molecule has 0 aromatic heterocycles. The third-order valence-corrected chi connectivity index (χ3v) is 4.40. The quantitative estimate of drug-likeness (QED) is 0.725. The fraction of sp³-hybridized carbons (Fsp3) is 0.647. The lowest BCUT2D eigenvalue weighted by molar-refractivity contribution is 0.250. The smallest absolute Gasteiger partial charge is 0.0346 e. The Balaban J connectivity index is 1.44. The van der Waals surface area contributed by atoms with Crippen molar-refractivity contribution in [3.63, 3.8) is 0 Å². The van der Waals surface area contributed by atoms with Crippen molar-refractivity contribution in [1.82, 2.24) is 4.90 Å². The number of aryl methyl sites for hydroxylation is 1. The van der Waals surface area contributed by atoms with Crippen molar-refractivity contribution in [1.29, 1.82) is 0 Å². The van der Waals surface area contributed by atoms with Gasteiger partial charge in [-0.05, 0) is 68.5 Å². The molecule has 0 heterocycles. The van der Waals surface area contributed by atoms with Gasteiger partial charge in [0.25, 0.3) is 0 Å². The molecule has 0 atom stereocenters. The Hall–Kier alpha value is -1.02. The van der Waals surface area contributed by atoms with E-state index in [4.69, 9.17) is 5.73 Å². The van der Waals surface area contributed by atoms with Crippen LogP contribution in [0.1, 0.15) is 37.7 Å². The minimum atomic E-state index is 0.957. The minimum absolute atomic E-state index is 0.957. The Morgan fingerprint density at radius 3 is 2.21 bits per heavy atom. The summed E-state index contributed by atoms with van der Waals surface area (Å²) in [6.07, 6.45) is 8.23. The highest BCUT2D eigenvalue weighted by atomic mass is 15.1. The monoisotopic (exact) mass is 258 g/mol. The van der Waals surface area contributed by atoms with E-state index in [2.05, 4.69) is 17.0 Å². The fourth-order valence-corrected chi connectivity index (χ4v) is 2.84. The van der Waals surface area contributed by atoms with Crippen molar-refractivity contribution < 1.29 is 0 Å². The first-order valence-electron chi connectivity index (χ1n) is 7.87. The Kier molecular flexibility index (Phi) is 4.07. The van der Waals surface area contributed by atoms with Crippen LogP contribution in [0.3, 0.4) is 0 Å². The minimum Gasteiger partial charge on any atom is -0.399 e. The number of nitrogens with two attached hydrogens (primary N) is 1. The summed E-state index contributed by atoms with van der Waals surface area (Å²) >= 11 is 0. The maximum absolute atomic E-state index is 6.01. The molecule has 2 saturated carbocycles. The number of benzene rings is 1. The van der Waals surface area contributed by atoms with Gasteiger partial charge in [-0.3, -0.25) is 0 Å². The lowest BCUT2D eigenvalue weighted by Crippen LogP contribution is -2.29. The molecule has 104 valence electrons. The standard InChI is InChI=1S/C17H26N2/c18-17-6-2-1-4-16(17)5-3-11-19(12-14-7-8-14)13-15-9-10-15/h1-2,4,6,14-15H,3,5,7-13,18H2. The molecule has 0 aliphatic heterocycles. The van der Waals surface area contributed by atoms with E-state index in [1.54, 1.807) is 0 Å². The van der Waals surface area contributed by atoms with Crippen LogP contribution in [0.25, 0.3) is 0 Å². The molecule has 1 aromatic rings. The lowest BCUT2D eigenvalue weighted by Gasteiger charge is -2.22. The average molecular weight is 258 g/mol. The van der Waals surface area contributed by atoms with E-state index in [-0.39, 0.29) is 0 Å². The third kappa shape index (κ3) is 4.24. The molecule has 0 saturated heterocycles. The van der Waals surface area contributed by atoms with E-state index >= 15 is 0 Å². The van der Waals surface area contributed by atoms with Gasteiger partial charge in [0, 0.05) is 18.8 Å². The maximum atomic E-state index is 6.01. The van der Waals surface area contributed by atoms with Gasteiger partial charge in [-0.2, -0.15) is 0 Å². The maximum Gasteiger partial charge on any atom is 0.0346 e. The van der Waals surface area contributed by atoms with E-state index in [9.17, 15) is 0 Å². The second-order valence-corrected chi connectivity index (χ2v) is 6.45. The Morgan fingerprint density at radius 1 is 1.00 bits per heavy atom. The van der Waals surface area contributed by atoms with E-state index in [1.165, 1.54) is 57.3 Å². The first-order valence-corrected chi connectivity index (χ1v) is 7.87. The zero-order valence-electron chi connectivity index (χ0n) is 11.9. The largest absolute Gasteiger partial charge is 0.399 e. The van der Waals surface area contributed by atoms with Gasteiger partial charge in [-0.1, -0.05) is 18.2 Å². The summed E-state index contributed by atoms with van der Waals surface area (Å²) in [6.45, 7) is 3.95. The molecular weight excluding hydrogens is 232 g/mol. The van der Waals surface area contributed by atoms with Crippen LogP contribution in [0.2, 0.25) is 0 Å². The van der Waals surface area contributed by atoms with Crippen LogP contribution in [0.4, 0.5) is 5.69 Å². The predicted molar refractivity (Wildman–Crippen MR) is 81.1 cm³/mol. The molecule has 1 aromatic carbocycles. The number of hydrogen-bond donors (Lipinski definition) is 1. The highest BCUT2D eigenvalue weighted by Crippen LogP contribution is 2.33. The molecular formula is C17H26N2. The average Bonchev–Trinajstić information content (AvgIpc) is 3.27. The van der Waals surface area contributed by atoms with Crippen molar-refractivity contribution in [2.45, 2.75) is 38.5 Å². The summed E-state index contributed by atoms with van der Waals surface area (Å²) < 4.78 is 0. The zero-order chi connectivity index (χ0) is 13.1. The highest BCUT2D eigenvalue weighted by molar-refractivity contribution is 5.46. The summed E-state index contributed by atoms with van der Waals surface area (Å²) in [5, 5.41) is 0. The topological polar surface area (TPSA) is 29.3 Å². The summed E-state index contributed by atoms with van der Waals surface area (Å²) in [7, 11) is 0. The first kappa shape index (κ1) is 13.0. The molecule has 0 amide bonds. The van der Waals surface area contributed by atoms with E-state index in [0.29, 0.717) is 0 Å². The van der Waals surface area contributed by atoms with Gasteiger partial charge in [0.2, 0.25) is 0 Å². The van der Waals surface area contributed by atoms with Gasteiger partial charge in [0.05, 0.1) is 0 Å². The van der Waals surface area contributed by atoms with Gasteiger partial charge in [0.1, 0.15) is 0 Å². The zero-order valence-corrected chi connectivity index (χ0v) is 11.9. The van der Waals surface area contributed by atoms with Gasteiger partial charge >= 0.3 is 0 Å². The van der Waals surface area contributed by atoms with Crippen LogP contribution in [-0.2, 0) is 6.42 Å². The Labute approximate surface area is 117 Å². The van der Waals surface area contributed by atoms with Crippen LogP contribution in [0, 0.1) is 11.8 Å². The van der Waals surface area contributed by atoms with E-state index in [1.807, 2.05) is 12.1 Å². The molecule has 0 radical (unpaired) electrons. The molecule has 19 heavy (non-hydrogen) atoms. The number of anilines is 1. The van der Waals surface area contributed by atoms with Crippen molar-refractivity contribution in [2.24, 2.45) is 11.8 Å². The van der Waals surface area contributed by atoms with Gasteiger partial charge < -0.3 is 10.6 Å². The van der Waals surface area contributed by atoms with Crippen LogP contribution >= 0.6 is 0 Å². The fourth-order valence-electron chi connectivity index (χ4n) is 2.84. The molecule has 0 bridgehead atoms. The summed E-state index contributed by atoms with van der Waals surface area (Å²) in [5.74, 6) is 2.03. The second kappa shape index (κ2) is 5.96. The van der Waals surface area contributed by atoms with Crippen molar-refractivity contribution in [2.75, 3.05) is 25.4 Å². The summed E-state index contributed by atoms with van der Waals surface area (Å²) in [6, 6.07) is 8.30. The number of hydrogen-bond acceptors (Lipinski definition) is 2. The Morgan fingerprint density at radius 2 is 1.63 bits per heavy atom. The number of nitrogen functional groups attached to an aromatic ring is 1. The van der Waals surface area contributed by atoms with Crippen LogP contribution in [0.15, 0.2) is 24.3 Å². The van der Waals surface area contributed by atoms with E-state index < -0.39 is 0 Å². The van der Waals surface area contributed by atoms with Crippen LogP contribution in [0.5, 0.6) is 0 Å². The predicted octanol–water partition coefficient (Wildman–Crippen LogP) is 3.32. The third-order valence-electron chi connectivity index (χ3n) is 4.40. The SMILES string of the molecule is Nc1ccccc1CCCN(CC1CC1)CC1CC1. The molecule has 2 N–H and O–H groups in total. The van der Waals surface area contributed by atoms with Gasteiger partial charge in [-0.25, -0.2) is 0 Å². The molecule has 2 fully saturated rings. The van der Waals surface area contributed by atoms with Gasteiger partial charge in [0.15, 0.2) is 0 Å². The molecule has 2 aliphatic carbocycles. The van der Waals surface area contributed by atoms with E-state index in [0.717, 1.165) is 23.9 Å². The number of para-hydroxylation sites is 1. The molecule has 0 spiro atoms. The second-order valence-electron chi connectivity index (χ2n) is 6.45. The van der Waals surface area contributed by atoms with Crippen molar-refractivity contribution >= 4 is 5.69 Å². The van der Waals surface area contributed by atoms with Crippen molar-refractivity contribution in [3.8, 4) is 0 Å². The van der Waals surface area contributed by atoms with Crippen LogP contribution in [-0.4, -0.2) is 24.5 Å². The molecule has 2 aliphatic rings. The van der Waals surface area contributed by atoms with Crippen molar-refractivity contribution in [3.05, 3.63) is 29.8 Å². The molecule has 0 unspecified atom stereocenters. The normalized spacial score (nSPS) is 19.0. The van der Waals surface area contributed by atoms with Gasteiger partial charge in [-0.15, -0.1) is 0 Å². The molecule has 2 nitrogen and oxygen atoms in total. The first-order chi connectivity index (χ1) is 9.31. The highest BCUT2D eigenvalue weighted by Gasteiger charge is 2.28. The Bertz CT molecular complexity index is 393. The molecule has 3 rings (SSSR count).